The van der Waals surface area contributed by atoms with Crippen LogP contribution in [-0.4, -0.2) is 35.4 Å². The van der Waals surface area contributed by atoms with Crippen LogP contribution in [-0.2, 0) is 20.7 Å². The highest BCUT2D eigenvalue weighted by Gasteiger charge is 2.43. The van der Waals surface area contributed by atoms with Crippen molar-refractivity contribution in [2.45, 2.75) is 50.4 Å². The Hall–Kier alpha value is -3.41. The van der Waals surface area contributed by atoms with Crippen LogP contribution in [0, 0.1) is 23.6 Å². The van der Waals surface area contributed by atoms with Crippen molar-refractivity contribution >= 4 is 23.4 Å². The summed E-state index contributed by atoms with van der Waals surface area (Å²) in [5.41, 5.74) is 4.41. The second-order valence-electron chi connectivity index (χ2n) is 10.2. The quantitative estimate of drug-likeness (QED) is 0.323. The molecule has 5 rings (SSSR count). The first-order chi connectivity index (χ1) is 18.2. The van der Waals surface area contributed by atoms with E-state index in [2.05, 4.69) is 17.1 Å². The van der Waals surface area contributed by atoms with Crippen LogP contribution in [0.4, 0.5) is 10.2 Å². The molecule has 2 aliphatic carbocycles. The number of benzene rings is 1. The molecule has 0 aliphatic heterocycles. The molecule has 12 heteroatoms. The number of para-hydroxylation sites is 1. The smallest absolute Gasteiger partial charge is 0.332 e. The molecule has 4 atom stereocenters. The van der Waals surface area contributed by atoms with Gasteiger partial charge >= 0.3 is 5.69 Å². The molecule has 3 aromatic rings. The molecule has 10 nitrogen and oxygen atoms in total. The second-order valence-corrected chi connectivity index (χ2v) is 11.2. The topological polar surface area (TPSA) is 127 Å². The summed E-state index contributed by atoms with van der Waals surface area (Å²) in [6.07, 6.45) is 4.84. The Morgan fingerprint density at radius 1 is 1.18 bits per heavy atom. The number of ketones is 1. The van der Waals surface area contributed by atoms with Crippen molar-refractivity contribution in [3.05, 3.63) is 62.3 Å². The molecule has 2 bridgehead atoms. The Labute approximate surface area is 223 Å². The predicted octanol–water partition coefficient (Wildman–Crippen LogP) is 2.95. The van der Waals surface area contributed by atoms with Crippen molar-refractivity contribution in [1.82, 2.24) is 23.9 Å². The van der Waals surface area contributed by atoms with Gasteiger partial charge in [-0.05, 0) is 56.1 Å². The summed E-state index contributed by atoms with van der Waals surface area (Å²) in [7, 11) is 2.72. The van der Waals surface area contributed by atoms with E-state index in [9.17, 15) is 18.8 Å². The third kappa shape index (κ3) is 4.65. The van der Waals surface area contributed by atoms with E-state index in [4.69, 9.17) is 10.5 Å². The van der Waals surface area contributed by atoms with Gasteiger partial charge in [-0.25, -0.2) is 9.18 Å². The summed E-state index contributed by atoms with van der Waals surface area (Å²) in [6.45, 7) is 2.15. The van der Waals surface area contributed by atoms with Crippen molar-refractivity contribution in [3.63, 3.8) is 0 Å². The van der Waals surface area contributed by atoms with Gasteiger partial charge in [0, 0.05) is 20.1 Å². The van der Waals surface area contributed by atoms with Gasteiger partial charge in [-0.1, -0.05) is 30.3 Å². The first-order valence-electron chi connectivity index (χ1n) is 12.7. The molecular weight excluding hydrogens is 511 g/mol. The summed E-state index contributed by atoms with van der Waals surface area (Å²) >= 11 is 1.16. The Morgan fingerprint density at radius 3 is 2.63 bits per heavy atom. The number of nitrogen functional groups attached to an aromatic ring is 1. The third-order valence-corrected chi connectivity index (χ3v) is 9.01. The molecule has 1 aromatic carbocycles. The lowest BCUT2D eigenvalue weighted by Gasteiger charge is -2.30. The molecule has 0 amide bonds. The average molecular weight is 543 g/mol. The largest absolute Gasteiger partial charge is 0.483 e. The van der Waals surface area contributed by atoms with Crippen LogP contribution in [0.25, 0.3) is 0 Å². The lowest BCUT2D eigenvalue weighted by atomic mass is 9.84. The monoisotopic (exact) mass is 542 g/mol. The number of halogens is 1. The molecule has 202 valence electrons. The molecular formula is C26H31FN6O4S. The molecule has 0 spiro atoms. The average Bonchev–Trinajstić information content (AvgIpc) is 3.65. The summed E-state index contributed by atoms with van der Waals surface area (Å²) in [5, 5.41) is 9.20. The number of hydrogen-bond donors (Lipinski definition) is 1. The van der Waals surface area contributed by atoms with Crippen LogP contribution >= 0.6 is 11.8 Å². The SMILES string of the molecule is C[C@@H]([C@@H]1C[C@@H]2CC[C@@H]1C2)n1c(COc2ccccc2F)nnc1SCC(=O)c1c(N)n(C)c(=O)n(C)c1=O. The number of nitrogens with zero attached hydrogens (tertiary/aromatic N) is 5. The highest BCUT2D eigenvalue weighted by molar-refractivity contribution is 7.99. The van der Waals surface area contributed by atoms with Crippen LogP contribution in [0.3, 0.4) is 0 Å². The number of anilines is 1. The van der Waals surface area contributed by atoms with Crippen LogP contribution < -0.4 is 21.7 Å². The molecule has 2 aromatic heterocycles. The number of hydrogen-bond acceptors (Lipinski definition) is 8. The Bertz CT molecular complexity index is 1500. The highest BCUT2D eigenvalue weighted by Crippen LogP contribution is 2.52. The predicted molar refractivity (Wildman–Crippen MR) is 141 cm³/mol. The summed E-state index contributed by atoms with van der Waals surface area (Å²) < 4.78 is 23.8. The first-order valence-corrected chi connectivity index (χ1v) is 13.7. The number of rotatable bonds is 9. The zero-order valence-corrected chi connectivity index (χ0v) is 22.4. The van der Waals surface area contributed by atoms with Crippen molar-refractivity contribution in [3.8, 4) is 5.75 Å². The van der Waals surface area contributed by atoms with E-state index in [1.165, 1.54) is 39.4 Å². The zero-order valence-electron chi connectivity index (χ0n) is 21.6. The third-order valence-electron chi connectivity index (χ3n) is 8.07. The van der Waals surface area contributed by atoms with Crippen molar-refractivity contribution in [1.29, 1.82) is 0 Å². The first kappa shape index (κ1) is 26.2. The van der Waals surface area contributed by atoms with Crippen LogP contribution in [0.2, 0.25) is 0 Å². The molecule has 2 saturated carbocycles. The van der Waals surface area contributed by atoms with Crippen molar-refractivity contribution in [2.75, 3.05) is 11.5 Å². The lowest BCUT2D eigenvalue weighted by molar-refractivity contribution is 0.102. The molecule has 0 unspecified atom stereocenters. The van der Waals surface area contributed by atoms with E-state index in [-0.39, 0.29) is 35.5 Å². The maximum Gasteiger partial charge on any atom is 0.332 e. The minimum Gasteiger partial charge on any atom is -0.483 e. The Kier molecular flexibility index (Phi) is 7.17. The number of thioether (sulfide) groups is 1. The van der Waals surface area contributed by atoms with E-state index in [1.54, 1.807) is 18.2 Å². The van der Waals surface area contributed by atoms with Crippen molar-refractivity contribution in [2.24, 2.45) is 31.8 Å². The van der Waals surface area contributed by atoms with Gasteiger partial charge in [0.1, 0.15) is 18.0 Å². The van der Waals surface area contributed by atoms with Gasteiger partial charge in [0.25, 0.3) is 5.56 Å². The van der Waals surface area contributed by atoms with Gasteiger partial charge in [0.15, 0.2) is 28.3 Å². The minimum absolute atomic E-state index is 0.0158. The summed E-state index contributed by atoms with van der Waals surface area (Å²) in [4.78, 5) is 37.9. The van der Waals surface area contributed by atoms with E-state index < -0.39 is 22.8 Å². The second kappa shape index (κ2) is 10.4. The van der Waals surface area contributed by atoms with E-state index >= 15 is 0 Å². The number of nitrogens with two attached hydrogens (primary N) is 1. The Balaban J connectivity index is 1.41. The minimum atomic E-state index is -0.730. The molecule has 2 fully saturated rings. The van der Waals surface area contributed by atoms with Crippen LogP contribution in [0.15, 0.2) is 39.0 Å². The van der Waals surface area contributed by atoms with E-state index in [0.717, 1.165) is 33.2 Å². The molecule has 2 N–H and O–H groups in total. The molecule has 0 saturated heterocycles. The number of carbonyl (C=O) groups excluding carboxylic acids is 1. The number of aromatic nitrogens is 5. The number of Topliss-reactive ketones (excluding diaryl/α,β-unsaturated/α-hetero) is 1. The van der Waals surface area contributed by atoms with Crippen molar-refractivity contribution < 1.29 is 13.9 Å². The fourth-order valence-corrected chi connectivity index (χ4v) is 6.93. The number of carbonyl (C=O) groups is 1. The standard InChI is InChI=1S/C26H31FN6O4S/c1-14(17-11-15-8-9-16(17)10-15)33-21(12-37-20-7-5-4-6-18(20)27)29-30-25(33)38-13-19(34)22-23(28)31(2)26(36)32(3)24(22)35/h4-7,14-17H,8-13,28H2,1-3H3/t14-,15+,16+,17-/m0/s1. The maximum atomic E-state index is 14.2. The fraction of sp³-hybridized carbons (Fsp3) is 0.500. The zero-order chi connectivity index (χ0) is 27.1. The molecule has 2 heterocycles. The molecule has 2 aliphatic rings. The van der Waals surface area contributed by atoms with E-state index in [0.29, 0.717) is 22.8 Å². The normalized spacial score (nSPS) is 21.1. The fourth-order valence-electron chi connectivity index (χ4n) is 6.02. The van der Waals surface area contributed by atoms with E-state index in [1.807, 2.05) is 4.57 Å². The van der Waals surface area contributed by atoms with Gasteiger partial charge in [-0.2, -0.15) is 0 Å². The lowest BCUT2D eigenvalue weighted by Crippen LogP contribution is -2.41. The summed E-state index contributed by atoms with van der Waals surface area (Å²) in [6, 6.07) is 6.23. The van der Waals surface area contributed by atoms with Crippen LogP contribution in [0.5, 0.6) is 5.75 Å². The van der Waals surface area contributed by atoms with Gasteiger partial charge in [-0.3, -0.25) is 23.3 Å². The Morgan fingerprint density at radius 2 is 1.95 bits per heavy atom. The van der Waals surface area contributed by atoms with Gasteiger partial charge < -0.3 is 10.5 Å². The van der Waals surface area contributed by atoms with Crippen LogP contribution in [0.1, 0.15) is 54.8 Å². The number of fused-ring (bicyclic) bond motifs is 2. The van der Waals surface area contributed by atoms with Gasteiger partial charge in [-0.15, -0.1) is 10.2 Å². The summed E-state index contributed by atoms with van der Waals surface area (Å²) in [5.74, 6) is 1.22. The molecule has 38 heavy (non-hydrogen) atoms. The maximum absolute atomic E-state index is 14.2. The van der Waals surface area contributed by atoms with Gasteiger partial charge in [0.05, 0.1) is 5.75 Å². The van der Waals surface area contributed by atoms with Gasteiger partial charge in [0.2, 0.25) is 0 Å². The molecule has 0 radical (unpaired) electrons. The highest BCUT2D eigenvalue weighted by atomic mass is 32.2. The number of ether oxygens (including phenoxy) is 1.